The number of aliphatic hydroxyl groups excluding tert-OH is 1. The molecule has 0 saturated heterocycles. The third-order valence-corrected chi connectivity index (χ3v) is 3.91. The lowest BCUT2D eigenvalue weighted by atomic mass is 10.1. The molecule has 0 spiro atoms. The van der Waals surface area contributed by atoms with E-state index in [1.54, 1.807) is 12.1 Å². The molecule has 0 aliphatic heterocycles. The first kappa shape index (κ1) is 14.1. The number of aryl methyl sites for hydroxylation is 1. The predicted octanol–water partition coefficient (Wildman–Crippen LogP) is 3.99. The molecule has 21 heavy (non-hydrogen) atoms. The fourth-order valence-corrected chi connectivity index (χ4v) is 2.69. The number of aromatic nitrogens is 2. The van der Waals surface area contributed by atoms with E-state index in [2.05, 4.69) is 16.5 Å². The van der Waals surface area contributed by atoms with Gasteiger partial charge in [-0.3, -0.25) is 0 Å². The summed E-state index contributed by atoms with van der Waals surface area (Å²) < 4.78 is 2.09. The second-order valence-electron chi connectivity index (χ2n) is 5.05. The summed E-state index contributed by atoms with van der Waals surface area (Å²) in [5.41, 5.74) is 2.89. The zero-order chi connectivity index (χ0) is 14.8. The van der Waals surface area contributed by atoms with Crippen molar-refractivity contribution in [1.29, 1.82) is 0 Å². The molecule has 0 fully saturated rings. The number of para-hydroxylation sites is 2. The summed E-state index contributed by atoms with van der Waals surface area (Å²) in [6.07, 6.45) is 0.257. The Morgan fingerprint density at radius 1 is 1.14 bits per heavy atom. The molecule has 0 bridgehead atoms. The highest BCUT2D eigenvalue weighted by Crippen LogP contribution is 2.22. The molecule has 1 N–H and O–H groups in total. The average Bonchev–Trinajstić information content (AvgIpc) is 2.86. The molecule has 0 radical (unpaired) electrons. The minimum Gasteiger partial charge on any atom is -0.387 e. The monoisotopic (exact) mass is 300 g/mol. The second-order valence-corrected chi connectivity index (χ2v) is 5.48. The zero-order valence-electron chi connectivity index (χ0n) is 11.8. The topological polar surface area (TPSA) is 38.0 Å². The maximum Gasteiger partial charge on any atom is 0.109 e. The molecule has 3 aromatic rings. The molecular weight excluding hydrogens is 284 g/mol. The van der Waals surface area contributed by atoms with Crippen LogP contribution in [0.4, 0.5) is 0 Å². The Morgan fingerprint density at radius 3 is 2.57 bits per heavy atom. The molecule has 3 rings (SSSR count). The average molecular weight is 301 g/mol. The van der Waals surface area contributed by atoms with Gasteiger partial charge in [0, 0.05) is 11.4 Å². The van der Waals surface area contributed by atoms with Crippen molar-refractivity contribution < 1.29 is 5.11 Å². The molecule has 2 aromatic carbocycles. The van der Waals surface area contributed by atoms with Gasteiger partial charge >= 0.3 is 0 Å². The first-order chi connectivity index (χ1) is 10.2. The van der Waals surface area contributed by atoms with Crippen LogP contribution in [0.2, 0.25) is 5.02 Å². The van der Waals surface area contributed by atoms with Gasteiger partial charge in [0.25, 0.3) is 0 Å². The van der Waals surface area contributed by atoms with Crippen LogP contribution in [-0.2, 0) is 13.0 Å². The van der Waals surface area contributed by atoms with Gasteiger partial charge in [-0.1, -0.05) is 42.8 Å². The highest BCUT2D eigenvalue weighted by atomic mass is 35.5. The molecule has 0 aliphatic carbocycles. The molecule has 1 atom stereocenters. The summed E-state index contributed by atoms with van der Waals surface area (Å²) in [5, 5.41) is 11.1. The Bertz CT molecular complexity index is 749. The molecular formula is C17H17ClN2O. The lowest BCUT2D eigenvalue weighted by molar-refractivity contribution is 0.157. The van der Waals surface area contributed by atoms with Crippen LogP contribution in [0.15, 0.2) is 48.5 Å². The third-order valence-electron chi connectivity index (χ3n) is 3.66. The van der Waals surface area contributed by atoms with E-state index in [1.807, 2.05) is 36.4 Å². The Hall–Kier alpha value is -1.84. The number of halogens is 1. The van der Waals surface area contributed by atoms with Gasteiger partial charge < -0.3 is 9.67 Å². The van der Waals surface area contributed by atoms with Crippen molar-refractivity contribution in [3.63, 3.8) is 0 Å². The van der Waals surface area contributed by atoms with Crippen LogP contribution < -0.4 is 0 Å². The van der Waals surface area contributed by atoms with Crippen LogP contribution in [0.1, 0.15) is 24.4 Å². The van der Waals surface area contributed by atoms with E-state index < -0.39 is 6.10 Å². The third kappa shape index (κ3) is 2.80. The summed E-state index contributed by atoms with van der Waals surface area (Å²) in [6.45, 7) is 2.57. The number of hydrogen-bond acceptors (Lipinski definition) is 2. The Morgan fingerprint density at radius 2 is 1.86 bits per heavy atom. The van der Waals surface area contributed by atoms with Crippen LogP contribution in [0.5, 0.6) is 0 Å². The van der Waals surface area contributed by atoms with E-state index in [4.69, 9.17) is 11.6 Å². The summed E-state index contributed by atoms with van der Waals surface area (Å²) in [4.78, 5) is 4.62. The number of aliphatic hydroxyl groups is 1. The van der Waals surface area contributed by atoms with Crippen LogP contribution in [0, 0.1) is 0 Å². The highest BCUT2D eigenvalue weighted by molar-refractivity contribution is 6.30. The van der Waals surface area contributed by atoms with Gasteiger partial charge in [-0.05, 0) is 29.8 Å². The van der Waals surface area contributed by atoms with Crippen LogP contribution in [0.3, 0.4) is 0 Å². The number of imidazole rings is 1. The van der Waals surface area contributed by atoms with Gasteiger partial charge in [-0.2, -0.15) is 0 Å². The number of rotatable bonds is 4. The van der Waals surface area contributed by atoms with E-state index in [9.17, 15) is 5.11 Å². The van der Waals surface area contributed by atoms with Crippen molar-refractivity contribution in [1.82, 2.24) is 9.55 Å². The van der Waals surface area contributed by atoms with Gasteiger partial charge in [-0.25, -0.2) is 4.98 Å². The van der Waals surface area contributed by atoms with Crippen molar-refractivity contribution in [3.8, 4) is 0 Å². The van der Waals surface area contributed by atoms with Crippen molar-refractivity contribution in [2.45, 2.75) is 26.0 Å². The zero-order valence-corrected chi connectivity index (χ0v) is 12.6. The minimum absolute atomic E-state index is 0.491. The van der Waals surface area contributed by atoms with E-state index in [0.717, 1.165) is 28.8 Å². The first-order valence-corrected chi connectivity index (χ1v) is 7.44. The lowest BCUT2D eigenvalue weighted by Crippen LogP contribution is -2.11. The van der Waals surface area contributed by atoms with Crippen molar-refractivity contribution in [2.24, 2.45) is 0 Å². The molecule has 0 saturated carbocycles. The normalized spacial score (nSPS) is 12.7. The van der Waals surface area contributed by atoms with Crippen LogP contribution >= 0.6 is 11.6 Å². The molecule has 0 amide bonds. The summed E-state index contributed by atoms with van der Waals surface area (Å²) in [5.74, 6) is 0.990. The molecule has 0 unspecified atom stereocenters. The maximum atomic E-state index is 10.5. The van der Waals surface area contributed by atoms with Crippen LogP contribution in [-0.4, -0.2) is 14.7 Å². The Labute approximate surface area is 128 Å². The molecule has 3 nitrogen and oxygen atoms in total. The molecule has 1 aromatic heterocycles. The van der Waals surface area contributed by atoms with Crippen molar-refractivity contribution in [2.75, 3.05) is 0 Å². The fraction of sp³-hybridized carbons (Fsp3) is 0.235. The van der Waals surface area contributed by atoms with Crippen molar-refractivity contribution in [3.05, 3.63) is 64.9 Å². The van der Waals surface area contributed by atoms with Gasteiger partial charge in [0.1, 0.15) is 5.82 Å². The number of benzene rings is 2. The lowest BCUT2D eigenvalue weighted by Gasteiger charge is -2.14. The van der Waals surface area contributed by atoms with E-state index >= 15 is 0 Å². The number of fused-ring (bicyclic) bond motifs is 1. The largest absolute Gasteiger partial charge is 0.387 e. The molecule has 1 heterocycles. The van der Waals surface area contributed by atoms with Gasteiger partial charge in [0.2, 0.25) is 0 Å². The fourth-order valence-electron chi connectivity index (χ4n) is 2.56. The minimum atomic E-state index is -0.579. The van der Waals surface area contributed by atoms with E-state index in [1.165, 1.54) is 0 Å². The Balaban J connectivity index is 1.95. The quantitative estimate of drug-likeness (QED) is 0.791. The Kier molecular flexibility index (Phi) is 3.95. The highest BCUT2D eigenvalue weighted by Gasteiger charge is 2.14. The molecule has 108 valence electrons. The van der Waals surface area contributed by atoms with Crippen molar-refractivity contribution >= 4 is 22.6 Å². The van der Waals surface area contributed by atoms with E-state index in [0.29, 0.717) is 11.6 Å². The number of nitrogens with zero attached hydrogens (tertiary/aromatic N) is 2. The first-order valence-electron chi connectivity index (χ1n) is 7.06. The van der Waals surface area contributed by atoms with Gasteiger partial charge in [0.15, 0.2) is 0 Å². The second kappa shape index (κ2) is 5.88. The van der Waals surface area contributed by atoms with Gasteiger partial charge in [0.05, 0.1) is 23.7 Å². The number of hydrogen-bond donors (Lipinski definition) is 1. The summed E-state index contributed by atoms with van der Waals surface area (Å²) >= 11 is 5.89. The standard InChI is InChI=1S/C17H17ClN2O/c1-2-17-19-14-5-3-4-6-15(14)20(17)11-16(21)12-7-9-13(18)10-8-12/h3-10,16,21H,2,11H2,1H3/t16-/m0/s1. The van der Waals surface area contributed by atoms with E-state index in [-0.39, 0.29) is 0 Å². The summed E-state index contributed by atoms with van der Waals surface area (Å²) in [7, 11) is 0. The predicted molar refractivity (Wildman–Crippen MR) is 85.5 cm³/mol. The molecule has 4 heteroatoms. The smallest absolute Gasteiger partial charge is 0.109 e. The summed E-state index contributed by atoms with van der Waals surface area (Å²) in [6, 6.07) is 15.3. The van der Waals surface area contributed by atoms with Crippen LogP contribution in [0.25, 0.3) is 11.0 Å². The molecule has 0 aliphatic rings. The maximum absolute atomic E-state index is 10.5. The van der Waals surface area contributed by atoms with Gasteiger partial charge in [-0.15, -0.1) is 0 Å². The SMILES string of the molecule is CCc1nc2ccccc2n1C[C@H](O)c1ccc(Cl)cc1.